The predicted molar refractivity (Wildman–Crippen MR) is 96.7 cm³/mol. The Bertz CT molecular complexity index is 991. The van der Waals surface area contributed by atoms with Gasteiger partial charge in [-0.2, -0.15) is 4.52 Å². The molecule has 3 aromatic rings. The lowest BCUT2D eigenvalue weighted by Gasteiger charge is -2.22. The summed E-state index contributed by atoms with van der Waals surface area (Å²) in [7, 11) is 0. The van der Waals surface area contributed by atoms with Crippen LogP contribution in [0.25, 0.3) is 5.65 Å². The number of hydrogen-bond acceptors (Lipinski definition) is 5. The maximum atomic E-state index is 13.8. The van der Waals surface area contributed by atoms with Crippen LogP contribution in [0.3, 0.4) is 0 Å². The summed E-state index contributed by atoms with van der Waals surface area (Å²) in [6.07, 6.45) is 1.72. The van der Waals surface area contributed by atoms with Gasteiger partial charge in [0, 0.05) is 38.0 Å². The Morgan fingerprint density at radius 2 is 1.85 bits per heavy atom. The molecular weight excluding hydrogens is 347 g/mol. The number of nitrogens with zero attached hydrogens (tertiary/aromatic N) is 6. The van der Waals surface area contributed by atoms with Crippen LogP contribution >= 0.6 is 0 Å². The molecule has 0 bridgehead atoms. The minimum absolute atomic E-state index is 0.00471. The molecule has 0 radical (unpaired) electrons. The van der Waals surface area contributed by atoms with Crippen LogP contribution in [-0.4, -0.2) is 56.8 Å². The van der Waals surface area contributed by atoms with Gasteiger partial charge in [-0.05, 0) is 23.8 Å². The number of anilines is 1. The first-order valence-electron chi connectivity index (χ1n) is 9.10. The fourth-order valence-electron chi connectivity index (χ4n) is 4.19. The van der Waals surface area contributed by atoms with Gasteiger partial charge in [-0.25, -0.2) is 4.39 Å². The third kappa shape index (κ3) is 2.90. The van der Waals surface area contributed by atoms with Gasteiger partial charge < -0.3 is 9.80 Å². The molecule has 5 rings (SSSR count). The molecule has 2 fully saturated rings. The summed E-state index contributed by atoms with van der Waals surface area (Å²) in [4.78, 5) is 16.7. The molecule has 4 heterocycles. The predicted octanol–water partition coefficient (Wildman–Crippen LogP) is 1.40. The van der Waals surface area contributed by atoms with Crippen LogP contribution in [0.15, 0.2) is 42.7 Å². The highest BCUT2D eigenvalue weighted by Crippen LogP contribution is 2.33. The molecule has 2 aliphatic heterocycles. The molecule has 2 aliphatic rings. The van der Waals surface area contributed by atoms with E-state index in [0.717, 1.165) is 37.6 Å². The van der Waals surface area contributed by atoms with Crippen LogP contribution in [0.4, 0.5) is 10.2 Å². The molecule has 27 heavy (non-hydrogen) atoms. The van der Waals surface area contributed by atoms with Gasteiger partial charge in [-0.1, -0.05) is 18.2 Å². The largest absolute Gasteiger partial charge is 0.354 e. The van der Waals surface area contributed by atoms with Crippen LogP contribution in [-0.2, 0) is 11.2 Å². The number of fused-ring (bicyclic) bond motifs is 2. The second-order valence-corrected chi connectivity index (χ2v) is 7.32. The molecule has 138 valence electrons. The Kier molecular flexibility index (Phi) is 3.77. The van der Waals surface area contributed by atoms with Crippen LogP contribution in [0.5, 0.6) is 0 Å². The number of rotatable bonds is 3. The topological polar surface area (TPSA) is 66.6 Å². The Hall–Kier alpha value is -3.03. The fourth-order valence-corrected chi connectivity index (χ4v) is 4.19. The summed E-state index contributed by atoms with van der Waals surface area (Å²) in [6.45, 7) is 3.19. The quantitative estimate of drug-likeness (QED) is 0.701. The summed E-state index contributed by atoms with van der Waals surface area (Å²) < 4.78 is 15.5. The molecule has 0 spiro atoms. The van der Waals surface area contributed by atoms with E-state index in [-0.39, 0.29) is 18.1 Å². The number of carbonyl (C=O) groups excluding carboxylic acids is 1. The molecule has 1 aromatic carbocycles. The van der Waals surface area contributed by atoms with Crippen LogP contribution in [0, 0.1) is 17.7 Å². The Labute approximate surface area is 155 Å². The third-order valence-corrected chi connectivity index (χ3v) is 5.61. The van der Waals surface area contributed by atoms with Crippen molar-refractivity contribution in [2.45, 2.75) is 6.42 Å². The highest BCUT2D eigenvalue weighted by Gasteiger charge is 2.42. The maximum Gasteiger partial charge on any atom is 0.227 e. The molecule has 2 unspecified atom stereocenters. The summed E-state index contributed by atoms with van der Waals surface area (Å²) in [6, 6.07) is 10.4. The van der Waals surface area contributed by atoms with Crippen molar-refractivity contribution in [2.24, 2.45) is 11.8 Å². The number of amides is 1. The van der Waals surface area contributed by atoms with Gasteiger partial charge in [0.05, 0.1) is 6.42 Å². The molecule has 0 saturated carbocycles. The van der Waals surface area contributed by atoms with E-state index in [1.807, 2.05) is 17.0 Å². The van der Waals surface area contributed by atoms with Gasteiger partial charge in [0.1, 0.15) is 18.0 Å². The first-order valence-corrected chi connectivity index (χ1v) is 9.10. The van der Waals surface area contributed by atoms with E-state index in [0.29, 0.717) is 17.4 Å². The fraction of sp³-hybridized carbons (Fsp3) is 0.368. The lowest BCUT2D eigenvalue weighted by molar-refractivity contribution is -0.129. The molecule has 2 aromatic heterocycles. The van der Waals surface area contributed by atoms with Crippen molar-refractivity contribution in [3.05, 3.63) is 54.1 Å². The monoisotopic (exact) mass is 366 g/mol. The van der Waals surface area contributed by atoms with Gasteiger partial charge in [-0.3, -0.25) is 4.79 Å². The van der Waals surface area contributed by atoms with Gasteiger partial charge in [-0.15, -0.1) is 15.3 Å². The van der Waals surface area contributed by atoms with E-state index in [1.54, 1.807) is 29.0 Å². The average molecular weight is 366 g/mol. The lowest BCUT2D eigenvalue weighted by Crippen LogP contribution is -2.34. The second kappa shape index (κ2) is 6.29. The number of carbonyl (C=O) groups is 1. The first kappa shape index (κ1) is 16.2. The summed E-state index contributed by atoms with van der Waals surface area (Å²) in [5.41, 5.74) is 1.19. The van der Waals surface area contributed by atoms with Crippen molar-refractivity contribution < 1.29 is 9.18 Å². The van der Waals surface area contributed by atoms with Crippen LogP contribution < -0.4 is 4.90 Å². The minimum atomic E-state index is -0.313. The molecule has 0 N–H and O–H groups in total. The van der Waals surface area contributed by atoms with E-state index in [1.165, 1.54) is 6.07 Å². The summed E-state index contributed by atoms with van der Waals surface area (Å²) in [5.74, 6) is 1.44. The van der Waals surface area contributed by atoms with Crippen LogP contribution in [0.1, 0.15) is 5.56 Å². The lowest BCUT2D eigenvalue weighted by atomic mass is 10.0. The average Bonchev–Trinajstić information content (AvgIpc) is 3.36. The van der Waals surface area contributed by atoms with Crippen molar-refractivity contribution in [1.82, 2.24) is 24.7 Å². The Morgan fingerprint density at radius 1 is 1.07 bits per heavy atom. The van der Waals surface area contributed by atoms with E-state index in [9.17, 15) is 9.18 Å². The molecule has 7 nitrogen and oxygen atoms in total. The van der Waals surface area contributed by atoms with Crippen molar-refractivity contribution >= 4 is 17.4 Å². The zero-order chi connectivity index (χ0) is 18.4. The molecule has 2 atom stereocenters. The number of aromatic nitrogens is 4. The number of likely N-dealkylation sites (tertiary alicyclic amines) is 1. The first-order chi connectivity index (χ1) is 13.2. The third-order valence-electron chi connectivity index (χ3n) is 5.61. The van der Waals surface area contributed by atoms with Crippen molar-refractivity contribution in [3.8, 4) is 0 Å². The van der Waals surface area contributed by atoms with E-state index < -0.39 is 0 Å². The van der Waals surface area contributed by atoms with Gasteiger partial charge in [0.15, 0.2) is 5.65 Å². The molecule has 8 heteroatoms. The zero-order valence-electron chi connectivity index (χ0n) is 14.7. The van der Waals surface area contributed by atoms with E-state index in [2.05, 4.69) is 20.2 Å². The number of halogens is 1. The molecule has 1 amide bonds. The van der Waals surface area contributed by atoms with Crippen LogP contribution in [0.2, 0.25) is 0 Å². The van der Waals surface area contributed by atoms with Crippen molar-refractivity contribution in [3.63, 3.8) is 0 Å². The van der Waals surface area contributed by atoms with Crippen molar-refractivity contribution in [2.75, 3.05) is 31.1 Å². The smallest absolute Gasteiger partial charge is 0.227 e. The normalized spacial score (nSPS) is 21.8. The standard InChI is InChI=1S/C19H19FN6O/c20-16-4-2-1-3-13(16)7-19(27)25-10-14-8-24(9-15(14)11-25)18-6-5-17-22-21-12-26(17)23-18/h1-6,12,14-15H,7-11H2. The number of hydrogen-bond donors (Lipinski definition) is 0. The highest BCUT2D eigenvalue weighted by atomic mass is 19.1. The van der Waals surface area contributed by atoms with Gasteiger partial charge in [0.25, 0.3) is 0 Å². The molecule has 0 aliphatic carbocycles. The Morgan fingerprint density at radius 3 is 2.63 bits per heavy atom. The summed E-state index contributed by atoms with van der Waals surface area (Å²) in [5, 5.41) is 12.4. The molecule has 2 saturated heterocycles. The van der Waals surface area contributed by atoms with E-state index >= 15 is 0 Å². The Balaban J connectivity index is 1.24. The zero-order valence-corrected chi connectivity index (χ0v) is 14.7. The summed E-state index contributed by atoms with van der Waals surface area (Å²) >= 11 is 0. The maximum absolute atomic E-state index is 13.8. The van der Waals surface area contributed by atoms with Gasteiger partial charge >= 0.3 is 0 Å². The number of benzene rings is 1. The van der Waals surface area contributed by atoms with Gasteiger partial charge in [0.2, 0.25) is 5.91 Å². The van der Waals surface area contributed by atoms with Crippen molar-refractivity contribution in [1.29, 1.82) is 0 Å². The highest BCUT2D eigenvalue weighted by molar-refractivity contribution is 5.79. The molecular formula is C19H19FN6O. The minimum Gasteiger partial charge on any atom is -0.354 e. The second-order valence-electron chi connectivity index (χ2n) is 7.32. The SMILES string of the molecule is O=C(Cc1ccccc1F)N1CC2CN(c3ccc4nncn4n3)CC2C1. The van der Waals surface area contributed by atoms with E-state index in [4.69, 9.17) is 0 Å².